The second-order valence-corrected chi connectivity index (χ2v) is 4.76. The summed E-state index contributed by atoms with van der Waals surface area (Å²) in [5, 5.41) is 9.63. The predicted octanol–water partition coefficient (Wildman–Crippen LogP) is 1.26. The number of rotatable bonds is 3. The van der Waals surface area contributed by atoms with Crippen LogP contribution in [0.25, 0.3) is 0 Å². The summed E-state index contributed by atoms with van der Waals surface area (Å²) < 4.78 is 1.40. The van der Waals surface area contributed by atoms with E-state index in [0.29, 0.717) is 21.4 Å². The molecule has 0 aliphatic carbocycles. The molecule has 0 fully saturated rings. The third kappa shape index (κ3) is 2.54. The van der Waals surface area contributed by atoms with E-state index in [1.807, 2.05) is 0 Å². The molecule has 0 spiro atoms. The molecule has 0 aromatic rings. The van der Waals surface area contributed by atoms with Crippen LogP contribution in [0.1, 0.15) is 19.3 Å². The van der Waals surface area contributed by atoms with Crippen molar-refractivity contribution in [3.63, 3.8) is 0 Å². The molecule has 3 heteroatoms. The van der Waals surface area contributed by atoms with Crippen molar-refractivity contribution in [1.29, 1.82) is 0 Å². The Kier molecular flexibility index (Phi) is 2.97. The van der Waals surface area contributed by atoms with Gasteiger partial charge in [-0.15, -0.1) is 0 Å². The van der Waals surface area contributed by atoms with E-state index in [1.165, 1.54) is 16.2 Å². The van der Waals surface area contributed by atoms with Gasteiger partial charge in [0.1, 0.15) is 0 Å². The zero-order chi connectivity index (χ0) is 7.40. The van der Waals surface area contributed by atoms with Gasteiger partial charge in [0.2, 0.25) is 0 Å². The number of allylic oxidation sites excluding steroid dienone is 2. The van der Waals surface area contributed by atoms with Crippen molar-refractivity contribution in [2.45, 2.75) is 24.6 Å². The number of carboxylic acid groups (broad SMARTS) is 1. The van der Waals surface area contributed by atoms with E-state index in [-0.39, 0.29) is 0 Å². The first kappa shape index (κ1) is 7.83. The van der Waals surface area contributed by atoms with E-state index in [4.69, 9.17) is 5.11 Å². The molecule has 56 valence electrons. The monoisotopic (exact) mass is 206 g/mol. The molecule has 0 saturated heterocycles. The van der Waals surface area contributed by atoms with Crippen LogP contribution >= 0.6 is 0 Å². The second-order valence-electron chi connectivity index (χ2n) is 2.20. The molecule has 1 N–H and O–H groups in total. The summed E-state index contributed by atoms with van der Waals surface area (Å²) in [6.07, 6.45) is 4.47. The van der Waals surface area contributed by atoms with Gasteiger partial charge >= 0.3 is 66.0 Å². The molecule has 0 saturated carbocycles. The van der Waals surface area contributed by atoms with Crippen molar-refractivity contribution < 1.29 is 9.90 Å². The van der Waals surface area contributed by atoms with Crippen molar-refractivity contribution >= 4 is 20.9 Å². The van der Waals surface area contributed by atoms with Gasteiger partial charge in [0.15, 0.2) is 0 Å². The van der Waals surface area contributed by atoms with Crippen molar-refractivity contribution in [2.75, 3.05) is 0 Å². The van der Waals surface area contributed by atoms with Gasteiger partial charge in [-0.25, -0.2) is 0 Å². The topological polar surface area (TPSA) is 37.3 Å². The van der Waals surface area contributed by atoms with Gasteiger partial charge in [-0.1, -0.05) is 0 Å². The summed E-state index contributed by atoms with van der Waals surface area (Å²) in [6.45, 7) is 0. The van der Waals surface area contributed by atoms with E-state index >= 15 is 0 Å². The number of hydrogen-bond acceptors (Lipinski definition) is 1. The Morgan fingerprint density at radius 3 is 3.10 bits per heavy atom. The summed E-state index contributed by atoms with van der Waals surface area (Å²) in [7, 11) is 0. The first-order valence-electron chi connectivity index (χ1n) is 3.32. The molecule has 0 amide bonds. The summed E-state index contributed by atoms with van der Waals surface area (Å²) in [6, 6.07) is 0. The SMILES string of the molecule is O=C(O)CCC1=CCC[Se]1. The summed E-state index contributed by atoms with van der Waals surface area (Å²) in [4.78, 5) is 10.1. The van der Waals surface area contributed by atoms with Crippen LogP contribution in [0.2, 0.25) is 5.32 Å². The molecular formula is C7H10O2Se. The molecule has 10 heavy (non-hydrogen) atoms. The van der Waals surface area contributed by atoms with Crippen molar-refractivity contribution in [1.82, 2.24) is 0 Å². The van der Waals surface area contributed by atoms with Crippen LogP contribution in [-0.2, 0) is 4.79 Å². The van der Waals surface area contributed by atoms with Gasteiger partial charge in [-0.2, -0.15) is 0 Å². The number of hydrogen-bond donors (Lipinski definition) is 1. The Morgan fingerprint density at radius 2 is 2.60 bits per heavy atom. The molecule has 0 unspecified atom stereocenters. The first-order chi connectivity index (χ1) is 4.79. The molecule has 1 rings (SSSR count). The van der Waals surface area contributed by atoms with Crippen LogP contribution in [0.15, 0.2) is 10.5 Å². The normalized spacial score (nSPS) is 17.0. The Bertz CT molecular complexity index is 163. The maximum atomic E-state index is 10.1. The maximum absolute atomic E-state index is 10.1. The first-order valence-corrected chi connectivity index (χ1v) is 5.39. The molecular weight excluding hydrogens is 195 g/mol. The van der Waals surface area contributed by atoms with Gasteiger partial charge < -0.3 is 0 Å². The van der Waals surface area contributed by atoms with Crippen LogP contribution < -0.4 is 0 Å². The van der Waals surface area contributed by atoms with E-state index in [1.54, 1.807) is 0 Å². The van der Waals surface area contributed by atoms with Gasteiger partial charge in [-0.3, -0.25) is 0 Å². The molecule has 0 aromatic heterocycles. The molecule has 2 nitrogen and oxygen atoms in total. The summed E-state index contributed by atoms with van der Waals surface area (Å²) >= 11 is 0.620. The third-order valence-corrected chi connectivity index (χ3v) is 3.84. The zero-order valence-electron chi connectivity index (χ0n) is 5.67. The van der Waals surface area contributed by atoms with Crippen LogP contribution in [0, 0.1) is 0 Å². The van der Waals surface area contributed by atoms with Crippen molar-refractivity contribution in [3.05, 3.63) is 10.5 Å². The fraction of sp³-hybridized carbons (Fsp3) is 0.571. The Hall–Kier alpha value is -0.271. The predicted molar refractivity (Wildman–Crippen MR) is 40.1 cm³/mol. The van der Waals surface area contributed by atoms with Gasteiger partial charge in [-0.05, 0) is 0 Å². The summed E-state index contributed by atoms with van der Waals surface area (Å²) in [5.41, 5.74) is 0. The molecule has 1 heterocycles. The van der Waals surface area contributed by atoms with Crippen LogP contribution in [0.3, 0.4) is 0 Å². The number of carbonyl (C=O) groups is 1. The average Bonchev–Trinajstić information content (AvgIpc) is 2.34. The molecule has 1 aliphatic rings. The number of carboxylic acids is 1. The van der Waals surface area contributed by atoms with Crippen molar-refractivity contribution in [2.24, 2.45) is 0 Å². The average molecular weight is 205 g/mol. The minimum atomic E-state index is -0.677. The Balaban J connectivity index is 2.19. The third-order valence-electron chi connectivity index (χ3n) is 1.36. The standard InChI is InChI=1S/C7H10O2Se/c8-7(9)4-3-6-2-1-5-10-6/h2H,1,3-5H2,(H,8,9). The molecule has 0 radical (unpaired) electrons. The van der Waals surface area contributed by atoms with E-state index in [2.05, 4.69) is 6.08 Å². The molecule has 0 bridgehead atoms. The molecule has 0 atom stereocenters. The fourth-order valence-electron chi connectivity index (χ4n) is 0.873. The van der Waals surface area contributed by atoms with Gasteiger partial charge in [0, 0.05) is 0 Å². The van der Waals surface area contributed by atoms with E-state index < -0.39 is 5.97 Å². The van der Waals surface area contributed by atoms with Crippen LogP contribution in [0.4, 0.5) is 0 Å². The Labute approximate surface area is 66.5 Å². The molecule has 1 aliphatic heterocycles. The van der Waals surface area contributed by atoms with Gasteiger partial charge in [0.05, 0.1) is 0 Å². The van der Waals surface area contributed by atoms with E-state index in [9.17, 15) is 4.79 Å². The summed E-state index contributed by atoms with van der Waals surface area (Å²) in [5.74, 6) is -0.677. The molecule has 0 aromatic carbocycles. The van der Waals surface area contributed by atoms with Crippen molar-refractivity contribution in [3.8, 4) is 0 Å². The van der Waals surface area contributed by atoms with Gasteiger partial charge in [0.25, 0.3) is 0 Å². The number of aliphatic carboxylic acids is 1. The zero-order valence-corrected chi connectivity index (χ0v) is 7.38. The van der Waals surface area contributed by atoms with E-state index in [0.717, 1.165) is 6.42 Å². The van der Waals surface area contributed by atoms with Crippen LogP contribution in [0.5, 0.6) is 0 Å². The second kappa shape index (κ2) is 3.79. The quantitative estimate of drug-likeness (QED) is 0.704. The minimum absolute atomic E-state index is 0.313. The Morgan fingerprint density at radius 1 is 1.80 bits per heavy atom. The fourth-order valence-corrected chi connectivity index (χ4v) is 2.93. The van der Waals surface area contributed by atoms with Crippen LogP contribution in [-0.4, -0.2) is 26.0 Å².